The van der Waals surface area contributed by atoms with Gasteiger partial charge in [-0.05, 0) is 24.3 Å². The van der Waals surface area contributed by atoms with Crippen LogP contribution >= 0.6 is 0 Å². The van der Waals surface area contributed by atoms with Gasteiger partial charge in [-0.1, -0.05) is 0 Å². The molecule has 0 fully saturated rings. The van der Waals surface area contributed by atoms with Gasteiger partial charge in [-0.2, -0.15) is 0 Å². The van der Waals surface area contributed by atoms with Crippen molar-refractivity contribution in [3.05, 3.63) is 36.4 Å². The van der Waals surface area contributed by atoms with E-state index in [0.717, 1.165) is 4.90 Å². The molecule has 1 aromatic rings. The van der Waals surface area contributed by atoms with Crippen molar-refractivity contribution < 1.29 is 18.4 Å². The van der Waals surface area contributed by atoms with Crippen LogP contribution in [0.25, 0.3) is 0 Å². The summed E-state index contributed by atoms with van der Waals surface area (Å²) >= 11 is -2.40. The first kappa shape index (κ1) is 11.5. The highest BCUT2D eigenvalue weighted by molar-refractivity contribution is 7.80. The zero-order valence-corrected chi connectivity index (χ0v) is 9.27. The summed E-state index contributed by atoms with van der Waals surface area (Å²) < 4.78 is 22.9. The lowest BCUT2D eigenvalue weighted by atomic mass is 10.2. The van der Waals surface area contributed by atoms with Crippen LogP contribution in [-0.4, -0.2) is 20.6 Å². The molecule has 0 aliphatic carbocycles. The maximum Gasteiger partial charge on any atom is 0.258 e. The average molecular weight is 251 g/mol. The molecule has 88 valence electrons. The van der Waals surface area contributed by atoms with Gasteiger partial charge in [-0.15, -0.1) is 0 Å². The topological polar surface area (TPSA) is 89.5 Å². The molecule has 0 saturated carbocycles. The third kappa shape index (κ3) is 2.40. The van der Waals surface area contributed by atoms with E-state index in [9.17, 15) is 18.4 Å². The predicted octanol–water partition coefficient (Wildman–Crippen LogP) is 0.322. The number of carbonyl (C=O) groups is 2. The number of hydrogen-bond acceptors (Lipinski definition) is 4. The summed E-state index contributed by atoms with van der Waals surface area (Å²) in [7, 11) is 0. The molecule has 2 rings (SSSR count). The predicted molar refractivity (Wildman–Crippen MR) is 60.6 cm³/mol. The minimum Gasteiger partial charge on any atom is -0.755 e. The first-order valence-corrected chi connectivity index (χ1v) is 5.67. The molecule has 0 bridgehead atoms. The van der Waals surface area contributed by atoms with Crippen molar-refractivity contribution >= 4 is 34.5 Å². The Morgan fingerprint density at radius 2 is 1.59 bits per heavy atom. The van der Waals surface area contributed by atoms with Crippen molar-refractivity contribution in [3.63, 3.8) is 0 Å². The number of hydrogen-bond donors (Lipinski definition) is 1. The summed E-state index contributed by atoms with van der Waals surface area (Å²) in [5.41, 5.74) is 0.751. The molecule has 7 heteroatoms. The SMILES string of the molecule is O=C1C=CC(=O)N1c1ccc(NS(=O)[O-])cc1. The van der Waals surface area contributed by atoms with Crippen LogP contribution in [0.5, 0.6) is 0 Å². The van der Waals surface area contributed by atoms with Gasteiger partial charge < -0.3 is 9.27 Å². The number of carbonyl (C=O) groups excluding carboxylic acids is 2. The van der Waals surface area contributed by atoms with Gasteiger partial charge in [-0.25, -0.2) is 4.90 Å². The Labute approximate surface area is 99.3 Å². The van der Waals surface area contributed by atoms with Crippen LogP contribution in [-0.2, 0) is 20.9 Å². The van der Waals surface area contributed by atoms with Gasteiger partial charge >= 0.3 is 0 Å². The molecule has 6 nitrogen and oxygen atoms in total. The minimum absolute atomic E-state index is 0.356. The largest absolute Gasteiger partial charge is 0.755 e. The first-order valence-electron chi connectivity index (χ1n) is 4.60. The molecule has 1 aliphatic heterocycles. The molecule has 1 heterocycles. The molecule has 0 saturated heterocycles. The summed E-state index contributed by atoms with van der Waals surface area (Å²) in [4.78, 5) is 23.7. The molecule has 1 unspecified atom stereocenters. The van der Waals surface area contributed by atoms with E-state index in [0.29, 0.717) is 11.4 Å². The summed E-state index contributed by atoms with van der Waals surface area (Å²) in [6.07, 6.45) is 2.36. The smallest absolute Gasteiger partial charge is 0.258 e. The van der Waals surface area contributed by atoms with Crippen LogP contribution in [0.3, 0.4) is 0 Å². The van der Waals surface area contributed by atoms with Gasteiger partial charge in [0.05, 0.1) is 5.69 Å². The number of benzene rings is 1. The Hall–Kier alpha value is -1.99. The van der Waals surface area contributed by atoms with E-state index in [-0.39, 0.29) is 0 Å². The highest BCUT2D eigenvalue weighted by Crippen LogP contribution is 2.21. The Balaban J connectivity index is 2.21. The Morgan fingerprint density at radius 1 is 1.06 bits per heavy atom. The van der Waals surface area contributed by atoms with E-state index < -0.39 is 23.1 Å². The summed E-state index contributed by atoms with van der Waals surface area (Å²) in [6, 6.07) is 5.89. The third-order valence-electron chi connectivity index (χ3n) is 2.14. The Bertz CT molecular complexity index is 506. The van der Waals surface area contributed by atoms with Crippen molar-refractivity contribution in [2.75, 3.05) is 9.62 Å². The van der Waals surface area contributed by atoms with Gasteiger partial charge in [0.15, 0.2) is 0 Å². The number of rotatable bonds is 3. The van der Waals surface area contributed by atoms with Crippen molar-refractivity contribution in [3.8, 4) is 0 Å². The van der Waals surface area contributed by atoms with Crippen molar-refractivity contribution in [2.45, 2.75) is 0 Å². The zero-order chi connectivity index (χ0) is 12.4. The maximum absolute atomic E-state index is 11.4. The second-order valence-corrected chi connectivity index (χ2v) is 3.90. The van der Waals surface area contributed by atoms with Gasteiger partial charge in [-0.3, -0.25) is 13.8 Å². The fourth-order valence-electron chi connectivity index (χ4n) is 1.43. The first-order chi connectivity index (χ1) is 8.08. The Morgan fingerprint density at radius 3 is 2.06 bits per heavy atom. The van der Waals surface area contributed by atoms with Crippen molar-refractivity contribution in [1.29, 1.82) is 0 Å². The lowest BCUT2D eigenvalue weighted by Gasteiger charge is -2.15. The van der Waals surface area contributed by atoms with E-state index in [4.69, 9.17) is 0 Å². The second-order valence-electron chi connectivity index (χ2n) is 3.23. The summed E-state index contributed by atoms with van der Waals surface area (Å²) in [5.74, 6) is -0.828. The molecule has 1 N–H and O–H groups in total. The number of amides is 2. The average Bonchev–Trinajstić information content (AvgIpc) is 2.59. The normalized spacial score (nSPS) is 16.4. The lowest BCUT2D eigenvalue weighted by Crippen LogP contribution is -2.29. The molecule has 0 aromatic heterocycles. The standard InChI is InChI=1S/C10H8N2O4S/c13-9-5-6-10(14)12(9)8-3-1-7(2-4-8)11-17(15)16/h1-6,11H,(H,15,16)/p-1. The van der Waals surface area contributed by atoms with Crippen LogP contribution in [0, 0.1) is 0 Å². The molecular weight excluding hydrogens is 244 g/mol. The maximum atomic E-state index is 11.4. The highest BCUT2D eigenvalue weighted by atomic mass is 32.2. The van der Waals surface area contributed by atoms with Crippen LogP contribution in [0.2, 0.25) is 0 Å². The van der Waals surface area contributed by atoms with Crippen LogP contribution in [0.1, 0.15) is 0 Å². The molecule has 0 radical (unpaired) electrons. The number of imide groups is 1. The van der Waals surface area contributed by atoms with Crippen LogP contribution in [0.4, 0.5) is 11.4 Å². The Kier molecular flexibility index (Phi) is 3.03. The molecule has 2 amide bonds. The molecule has 0 spiro atoms. The lowest BCUT2D eigenvalue weighted by molar-refractivity contribution is -0.119. The fourth-order valence-corrected chi connectivity index (χ4v) is 1.76. The van der Waals surface area contributed by atoms with Crippen molar-refractivity contribution in [2.24, 2.45) is 0 Å². The monoisotopic (exact) mass is 251 g/mol. The van der Waals surface area contributed by atoms with E-state index in [2.05, 4.69) is 4.72 Å². The quantitative estimate of drug-likeness (QED) is 0.619. The summed E-state index contributed by atoms with van der Waals surface area (Å²) in [5, 5.41) is 0. The zero-order valence-electron chi connectivity index (χ0n) is 8.45. The van der Waals surface area contributed by atoms with Gasteiger partial charge in [0, 0.05) is 29.1 Å². The molecule has 1 aromatic carbocycles. The van der Waals surface area contributed by atoms with Gasteiger partial charge in [0.25, 0.3) is 11.8 Å². The minimum atomic E-state index is -2.40. The molecular formula is C10H7N2O4S-. The van der Waals surface area contributed by atoms with Gasteiger partial charge in [0.2, 0.25) is 0 Å². The fraction of sp³-hybridized carbons (Fsp3) is 0. The van der Waals surface area contributed by atoms with E-state index in [1.54, 1.807) is 0 Å². The van der Waals surface area contributed by atoms with E-state index in [1.807, 2.05) is 0 Å². The third-order valence-corrected chi connectivity index (χ3v) is 2.54. The number of nitrogens with one attached hydrogen (secondary N) is 1. The molecule has 1 aliphatic rings. The molecule has 1 atom stereocenters. The highest BCUT2D eigenvalue weighted by Gasteiger charge is 2.24. The van der Waals surface area contributed by atoms with Crippen molar-refractivity contribution in [1.82, 2.24) is 0 Å². The van der Waals surface area contributed by atoms with Crippen LogP contribution in [0.15, 0.2) is 36.4 Å². The molecule has 17 heavy (non-hydrogen) atoms. The van der Waals surface area contributed by atoms with Crippen LogP contribution < -0.4 is 9.62 Å². The summed E-state index contributed by atoms with van der Waals surface area (Å²) in [6.45, 7) is 0. The van der Waals surface area contributed by atoms with E-state index in [1.165, 1.54) is 36.4 Å². The number of anilines is 2. The van der Waals surface area contributed by atoms with E-state index >= 15 is 0 Å². The van der Waals surface area contributed by atoms with Gasteiger partial charge in [0.1, 0.15) is 0 Å². The second kappa shape index (κ2) is 4.48. The number of nitrogens with zero attached hydrogens (tertiary/aromatic N) is 1.